The van der Waals surface area contributed by atoms with Gasteiger partial charge in [0.1, 0.15) is 17.5 Å². The van der Waals surface area contributed by atoms with Crippen LogP contribution in [0, 0.1) is 0 Å². The van der Waals surface area contributed by atoms with Crippen molar-refractivity contribution in [2.75, 3.05) is 17.2 Å². The van der Waals surface area contributed by atoms with Crippen molar-refractivity contribution in [2.45, 2.75) is 77.7 Å². The highest BCUT2D eigenvalue weighted by molar-refractivity contribution is 5.48. The number of aryl methyl sites for hydroxylation is 1. The van der Waals surface area contributed by atoms with Gasteiger partial charge in [0.2, 0.25) is 0 Å². The monoisotopic (exact) mass is 290 g/mol. The zero-order valence-electron chi connectivity index (χ0n) is 13.6. The van der Waals surface area contributed by atoms with Crippen LogP contribution in [0.1, 0.15) is 71.0 Å². The highest BCUT2D eigenvalue weighted by atomic mass is 15.1. The van der Waals surface area contributed by atoms with Gasteiger partial charge in [-0.05, 0) is 26.2 Å². The predicted octanol–water partition coefficient (Wildman–Crippen LogP) is 4.39. The zero-order chi connectivity index (χ0) is 14.9. The SMILES string of the molecule is CCCc1nc(NCC)cc(NC2CCCCCCC2)n1. The summed E-state index contributed by atoms with van der Waals surface area (Å²) < 4.78 is 0. The number of anilines is 2. The maximum atomic E-state index is 4.69. The summed E-state index contributed by atoms with van der Waals surface area (Å²) in [5.41, 5.74) is 0. The Morgan fingerprint density at radius 3 is 2.33 bits per heavy atom. The second kappa shape index (κ2) is 8.85. The normalized spacial score (nSPS) is 17.0. The Kier molecular flexibility index (Phi) is 6.77. The molecule has 0 saturated heterocycles. The van der Waals surface area contributed by atoms with Crippen LogP contribution in [0.25, 0.3) is 0 Å². The highest BCUT2D eigenvalue weighted by Crippen LogP contribution is 2.21. The van der Waals surface area contributed by atoms with E-state index in [0.717, 1.165) is 36.8 Å². The van der Waals surface area contributed by atoms with Crippen LogP contribution in [0.2, 0.25) is 0 Å². The molecule has 0 atom stereocenters. The topological polar surface area (TPSA) is 49.8 Å². The summed E-state index contributed by atoms with van der Waals surface area (Å²) in [6.45, 7) is 5.17. The number of hydrogen-bond acceptors (Lipinski definition) is 4. The molecule has 2 rings (SSSR count). The highest BCUT2D eigenvalue weighted by Gasteiger charge is 2.13. The van der Waals surface area contributed by atoms with Crippen LogP contribution >= 0.6 is 0 Å². The molecule has 0 aliphatic heterocycles. The van der Waals surface area contributed by atoms with E-state index in [9.17, 15) is 0 Å². The molecule has 1 aromatic heterocycles. The lowest BCUT2D eigenvalue weighted by atomic mass is 9.97. The van der Waals surface area contributed by atoms with Gasteiger partial charge in [0.15, 0.2) is 0 Å². The van der Waals surface area contributed by atoms with Crippen molar-refractivity contribution in [3.8, 4) is 0 Å². The molecular formula is C17H30N4. The summed E-state index contributed by atoms with van der Waals surface area (Å²) in [6.07, 6.45) is 11.4. The van der Waals surface area contributed by atoms with Crippen LogP contribution in [0.4, 0.5) is 11.6 Å². The second-order valence-electron chi connectivity index (χ2n) is 6.02. The first kappa shape index (κ1) is 16.1. The quantitative estimate of drug-likeness (QED) is 0.816. The number of hydrogen-bond donors (Lipinski definition) is 2. The molecule has 0 unspecified atom stereocenters. The van der Waals surface area contributed by atoms with Gasteiger partial charge in [0.25, 0.3) is 0 Å². The summed E-state index contributed by atoms with van der Waals surface area (Å²) >= 11 is 0. The molecule has 1 aliphatic rings. The summed E-state index contributed by atoms with van der Waals surface area (Å²) in [7, 11) is 0. The van der Waals surface area contributed by atoms with Crippen molar-refractivity contribution < 1.29 is 0 Å². The average Bonchev–Trinajstić information content (AvgIpc) is 2.42. The van der Waals surface area contributed by atoms with Crippen molar-refractivity contribution in [3.63, 3.8) is 0 Å². The molecule has 21 heavy (non-hydrogen) atoms. The molecule has 1 aliphatic carbocycles. The molecule has 0 amide bonds. The van der Waals surface area contributed by atoms with E-state index < -0.39 is 0 Å². The Hall–Kier alpha value is -1.32. The summed E-state index contributed by atoms with van der Waals surface area (Å²) in [5, 5.41) is 6.97. The first-order valence-corrected chi connectivity index (χ1v) is 8.70. The van der Waals surface area contributed by atoms with Crippen molar-refractivity contribution in [3.05, 3.63) is 11.9 Å². The Morgan fingerprint density at radius 2 is 1.67 bits per heavy atom. The molecule has 0 radical (unpaired) electrons. The summed E-state index contributed by atoms with van der Waals surface area (Å²) in [5.74, 6) is 2.89. The maximum Gasteiger partial charge on any atom is 0.133 e. The Bertz CT molecular complexity index is 387. The van der Waals surface area contributed by atoms with E-state index in [0.29, 0.717) is 6.04 Å². The van der Waals surface area contributed by atoms with Gasteiger partial charge in [-0.2, -0.15) is 0 Å². The van der Waals surface area contributed by atoms with E-state index in [1.807, 2.05) is 0 Å². The number of nitrogens with zero attached hydrogens (tertiary/aromatic N) is 2. The predicted molar refractivity (Wildman–Crippen MR) is 89.9 cm³/mol. The van der Waals surface area contributed by atoms with Gasteiger partial charge >= 0.3 is 0 Å². The minimum atomic E-state index is 0.573. The van der Waals surface area contributed by atoms with E-state index in [2.05, 4.69) is 35.5 Å². The van der Waals surface area contributed by atoms with Crippen LogP contribution in [0.3, 0.4) is 0 Å². The van der Waals surface area contributed by atoms with Crippen LogP contribution in [0.15, 0.2) is 6.07 Å². The van der Waals surface area contributed by atoms with E-state index in [-0.39, 0.29) is 0 Å². The van der Waals surface area contributed by atoms with Gasteiger partial charge in [-0.3, -0.25) is 0 Å². The van der Waals surface area contributed by atoms with Crippen molar-refractivity contribution in [1.29, 1.82) is 0 Å². The fraction of sp³-hybridized carbons (Fsp3) is 0.765. The van der Waals surface area contributed by atoms with Crippen molar-refractivity contribution in [1.82, 2.24) is 9.97 Å². The third-order valence-corrected chi connectivity index (χ3v) is 4.06. The first-order valence-electron chi connectivity index (χ1n) is 8.70. The molecule has 2 N–H and O–H groups in total. The molecule has 4 heteroatoms. The third kappa shape index (κ3) is 5.52. The lowest BCUT2D eigenvalue weighted by Crippen LogP contribution is -2.22. The van der Waals surface area contributed by atoms with Crippen molar-refractivity contribution >= 4 is 11.6 Å². The molecule has 1 saturated carbocycles. The fourth-order valence-electron chi connectivity index (χ4n) is 2.99. The van der Waals surface area contributed by atoms with Gasteiger partial charge in [-0.25, -0.2) is 9.97 Å². The molecule has 118 valence electrons. The minimum Gasteiger partial charge on any atom is -0.370 e. The Balaban J connectivity index is 2.05. The molecule has 4 nitrogen and oxygen atoms in total. The molecule has 0 aromatic carbocycles. The number of aromatic nitrogens is 2. The zero-order valence-corrected chi connectivity index (χ0v) is 13.6. The smallest absolute Gasteiger partial charge is 0.133 e. The van der Waals surface area contributed by atoms with Gasteiger partial charge in [0.05, 0.1) is 0 Å². The van der Waals surface area contributed by atoms with Gasteiger partial charge in [-0.1, -0.05) is 39.0 Å². The molecule has 1 aromatic rings. The third-order valence-electron chi connectivity index (χ3n) is 4.06. The Morgan fingerprint density at radius 1 is 1.00 bits per heavy atom. The molecule has 0 spiro atoms. The van der Waals surface area contributed by atoms with Crippen LogP contribution in [0.5, 0.6) is 0 Å². The van der Waals surface area contributed by atoms with E-state index in [1.165, 1.54) is 44.9 Å². The standard InChI is InChI=1S/C17H30N4/c1-3-10-15-20-16(18-4-2)13-17(21-15)19-14-11-8-6-5-7-9-12-14/h13-14H,3-12H2,1-2H3,(H2,18,19,20,21). The van der Waals surface area contributed by atoms with Gasteiger partial charge < -0.3 is 10.6 Å². The van der Waals surface area contributed by atoms with E-state index in [1.54, 1.807) is 0 Å². The van der Waals surface area contributed by atoms with Crippen LogP contribution < -0.4 is 10.6 Å². The second-order valence-corrected chi connectivity index (χ2v) is 6.02. The lowest BCUT2D eigenvalue weighted by molar-refractivity contribution is 0.470. The van der Waals surface area contributed by atoms with Gasteiger partial charge in [-0.15, -0.1) is 0 Å². The summed E-state index contributed by atoms with van der Waals surface area (Å²) in [4.78, 5) is 9.27. The molecule has 0 bridgehead atoms. The molecule has 1 heterocycles. The number of rotatable bonds is 6. The van der Waals surface area contributed by atoms with Crippen LogP contribution in [-0.4, -0.2) is 22.6 Å². The summed E-state index contributed by atoms with van der Waals surface area (Å²) in [6, 6.07) is 2.63. The van der Waals surface area contributed by atoms with Crippen LogP contribution in [-0.2, 0) is 6.42 Å². The Labute approximate surface area is 129 Å². The lowest BCUT2D eigenvalue weighted by Gasteiger charge is -2.22. The average molecular weight is 290 g/mol. The van der Waals surface area contributed by atoms with E-state index >= 15 is 0 Å². The largest absolute Gasteiger partial charge is 0.370 e. The maximum absolute atomic E-state index is 4.69. The molecular weight excluding hydrogens is 260 g/mol. The minimum absolute atomic E-state index is 0.573. The molecule has 1 fully saturated rings. The first-order chi connectivity index (χ1) is 10.3. The number of nitrogens with one attached hydrogen (secondary N) is 2. The van der Waals surface area contributed by atoms with Gasteiger partial charge in [0, 0.05) is 25.1 Å². The van der Waals surface area contributed by atoms with Crippen molar-refractivity contribution in [2.24, 2.45) is 0 Å². The fourth-order valence-corrected chi connectivity index (χ4v) is 2.99. The van der Waals surface area contributed by atoms with E-state index in [4.69, 9.17) is 4.98 Å².